The fourth-order valence-corrected chi connectivity index (χ4v) is 3.97. The lowest BCUT2D eigenvalue weighted by atomic mass is 10.1. The lowest BCUT2D eigenvalue weighted by Crippen LogP contribution is -2.28. The number of nitrogens with one attached hydrogen (secondary N) is 1. The summed E-state index contributed by atoms with van der Waals surface area (Å²) in [7, 11) is 3.82. The predicted molar refractivity (Wildman–Crippen MR) is 113 cm³/mol. The molecule has 140 valence electrons. The predicted octanol–water partition coefficient (Wildman–Crippen LogP) is 4.55. The van der Waals surface area contributed by atoms with E-state index < -0.39 is 0 Å². The summed E-state index contributed by atoms with van der Waals surface area (Å²) in [6.07, 6.45) is 2.03. The van der Waals surface area contributed by atoms with E-state index >= 15 is 0 Å². The van der Waals surface area contributed by atoms with Crippen molar-refractivity contribution in [3.05, 3.63) is 65.5 Å². The van der Waals surface area contributed by atoms with Crippen LogP contribution in [0.5, 0.6) is 0 Å². The van der Waals surface area contributed by atoms with Crippen LogP contribution in [0.4, 0.5) is 0 Å². The quantitative estimate of drug-likeness (QED) is 0.584. The van der Waals surface area contributed by atoms with E-state index in [1.54, 1.807) is 0 Å². The van der Waals surface area contributed by atoms with Crippen LogP contribution in [0.3, 0.4) is 0 Å². The van der Waals surface area contributed by atoms with Crippen molar-refractivity contribution in [3.8, 4) is 21.8 Å². The van der Waals surface area contributed by atoms with Crippen LogP contribution in [0.15, 0.2) is 60.7 Å². The number of unbranched alkanes of at least 4 members (excludes halogenated alkanes) is 1. The molecule has 1 aromatic heterocycles. The minimum absolute atomic E-state index is 0.0398. The zero-order valence-corrected chi connectivity index (χ0v) is 16.6. The van der Waals surface area contributed by atoms with Gasteiger partial charge in [0.2, 0.25) is 0 Å². The first-order chi connectivity index (χ1) is 13.2. The molecule has 3 aromatic rings. The molecule has 1 N–H and O–H groups in total. The minimum atomic E-state index is 0.0398. The van der Waals surface area contributed by atoms with Crippen LogP contribution in [0, 0.1) is 0 Å². The summed E-state index contributed by atoms with van der Waals surface area (Å²) in [5.41, 5.74) is 2.78. The van der Waals surface area contributed by atoms with Gasteiger partial charge >= 0.3 is 0 Å². The first kappa shape index (κ1) is 19.3. The Morgan fingerprint density at radius 3 is 2.26 bits per heavy atom. The van der Waals surface area contributed by atoms with E-state index in [1.807, 2.05) is 79.7 Å². The Labute approximate surface area is 164 Å². The number of thiazole rings is 1. The summed E-state index contributed by atoms with van der Waals surface area (Å²) in [5, 5.41) is 4.02. The molecule has 0 saturated heterocycles. The summed E-state index contributed by atoms with van der Waals surface area (Å²) < 4.78 is 0. The van der Waals surface area contributed by atoms with Gasteiger partial charge in [0.15, 0.2) is 0 Å². The number of hydrogen-bond donors (Lipinski definition) is 1. The van der Waals surface area contributed by atoms with Gasteiger partial charge in [0, 0.05) is 24.7 Å². The van der Waals surface area contributed by atoms with Crippen LogP contribution in [-0.4, -0.2) is 43.0 Å². The molecule has 1 heterocycles. The maximum absolute atomic E-state index is 13.1. The van der Waals surface area contributed by atoms with Crippen molar-refractivity contribution in [2.75, 3.05) is 27.2 Å². The van der Waals surface area contributed by atoms with E-state index in [2.05, 4.69) is 5.32 Å². The van der Waals surface area contributed by atoms with Crippen LogP contribution >= 0.6 is 11.3 Å². The molecule has 0 spiro atoms. The normalized spacial score (nSPS) is 10.7. The molecule has 0 fully saturated rings. The van der Waals surface area contributed by atoms with Crippen molar-refractivity contribution in [1.82, 2.24) is 15.2 Å². The summed E-state index contributed by atoms with van der Waals surface area (Å²) in [6.45, 7) is 1.71. The van der Waals surface area contributed by atoms with Crippen molar-refractivity contribution in [1.29, 1.82) is 0 Å². The molecule has 0 saturated carbocycles. The molecule has 0 aliphatic rings. The molecular weight excluding hydrogens is 354 g/mol. The maximum atomic E-state index is 13.1. The number of nitrogens with zero attached hydrogens (tertiary/aromatic N) is 2. The van der Waals surface area contributed by atoms with E-state index in [9.17, 15) is 4.79 Å². The highest BCUT2D eigenvalue weighted by molar-refractivity contribution is 7.17. The van der Waals surface area contributed by atoms with Gasteiger partial charge in [-0.2, -0.15) is 0 Å². The summed E-state index contributed by atoms with van der Waals surface area (Å²) in [5.74, 6) is 0.0398. The number of amides is 1. The summed E-state index contributed by atoms with van der Waals surface area (Å²) in [4.78, 5) is 20.5. The Morgan fingerprint density at radius 1 is 1.00 bits per heavy atom. The van der Waals surface area contributed by atoms with Crippen molar-refractivity contribution in [3.63, 3.8) is 0 Å². The van der Waals surface area contributed by atoms with Crippen LogP contribution < -0.4 is 5.32 Å². The van der Waals surface area contributed by atoms with Gasteiger partial charge in [0.05, 0.1) is 5.69 Å². The van der Waals surface area contributed by atoms with Crippen LogP contribution in [0.1, 0.15) is 22.5 Å². The van der Waals surface area contributed by atoms with E-state index in [1.165, 1.54) is 11.3 Å². The van der Waals surface area contributed by atoms with Crippen molar-refractivity contribution in [2.24, 2.45) is 0 Å². The molecule has 0 aliphatic heterocycles. The minimum Gasteiger partial charge on any atom is -0.341 e. The van der Waals surface area contributed by atoms with Gasteiger partial charge in [-0.15, -0.1) is 11.3 Å². The number of aromatic nitrogens is 1. The van der Waals surface area contributed by atoms with Gasteiger partial charge in [0.1, 0.15) is 9.88 Å². The lowest BCUT2D eigenvalue weighted by Gasteiger charge is -2.16. The highest BCUT2D eigenvalue weighted by Crippen LogP contribution is 2.34. The number of benzene rings is 2. The second-order valence-electron chi connectivity index (χ2n) is 6.47. The molecule has 0 bridgehead atoms. The number of carbonyl (C=O) groups is 1. The Bertz CT molecular complexity index is 862. The van der Waals surface area contributed by atoms with Gasteiger partial charge in [-0.3, -0.25) is 4.79 Å². The third-order valence-electron chi connectivity index (χ3n) is 4.41. The van der Waals surface area contributed by atoms with Gasteiger partial charge < -0.3 is 10.2 Å². The largest absolute Gasteiger partial charge is 0.341 e. The lowest BCUT2D eigenvalue weighted by molar-refractivity contribution is 0.0798. The molecule has 3 rings (SSSR count). The third-order valence-corrected chi connectivity index (χ3v) is 5.50. The van der Waals surface area contributed by atoms with E-state index in [0.29, 0.717) is 4.88 Å². The third kappa shape index (κ3) is 4.81. The Hall–Kier alpha value is -2.50. The van der Waals surface area contributed by atoms with E-state index in [-0.39, 0.29) is 5.91 Å². The summed E-state index contributed by atoms with van der Waals surface area (Å²) >= 11 is 1.47. The Balaban J connectivity index is 1.90. The number of carbonyl (C=O) groups excluding carboxylic acids is 1. The van der Waals surface area contributed by atoms with Crippen molar-refractivity contribution in [2.45, 2.75) is 12.8 Å². The molecule has 5 heteroatoms. The topological polar surface area (TPSA) is 45.2 Å². The van der Waals surface area contributed by atoms with E-state index in [4.69, 9.17) is 4.98 Å². The average molecular weight is 380 g/mol. The molecule has 0 atom stereocenters. The monoisotopic (exact) mass is 379 g/mol. The zero-order valence-electron chi connectivity index (χ0n) is 15.8. The average Bonchev–Trinajstić information content (AvgIpc) is 3.17. The highest BCUT2D eigenvalue weighted by Gasteiger charge is 2.22. The Kier molecular flexibility index (Phi) is 6.74. The smallest absolute Gasteiger partial charge is 0.265 e. The molecule has 0 aliphatic carbocycles. The molecule has 4 nitrogen and oxygen atoms in total. The first-order valence-electron chi connectivity index (χ1n) is 9.22. The molecule has 0 radical (unpaired) electrons. The first-order valence-corrected chi connectivity index (χ1v) is 10.0. The molecule has 2 aromatic carbocycles. The van der Waals surface area contributed by atoms with Gasteiger partial charge in [0.25, 0.3) is 5.91 Å². The van der Waals surface area contributed by atoms with E-state index in [0.717, 1.165) is 47.8 Å². The van der Waals surface area contributed by atoms with Gasteiger partial charge in [-0.1, -0.05) is 60.7 Å². The second kappa shape index (κ2) is 9.44. The second-order valence-corrected chi connectivity index (χ2v) is 7.47. The fourth-order valence-electron chi connectivity index (χ4n) is 2.89. The summed E-state index contributed by atoms with van der Waals surface area (Å²) in [6, 6.07) is 20.0. The van der Waals surface area contributed by atoms with Gasteiger partial charge in [-0.25, -0.2) is 4.98 Å². The number of hydrogen-bond acceptors (Lipinski definition) is 4. The van der Waals surface area contributed by atoms with Crippen molar-refractivity contribution >= 4 is 17.2 Å². The molecule has 1 amide bonds. The fraction of sp³-hybridized carbons (Fsp3) is 0.273. The van der Waals surface area contributed by atoms with Gasteiger partial charge in [-0.05, 0) is 26.4 Å². The number of rotatable bonds is 8. The maximum Gasteiger partial charge on any atom is 0.265 e. The molecule has 0 unspecified atom stereocenters. The van der Waals surface area contributed by atoms with Crippen molar-refractivity contribution < 1.29 is 4.79 Å². The SMILES string of the molecule is CNCCCCN(C)C(=O)c1sc(-c2ccccc2)nc1-c1ccccc1. The standard InChI is InChI=1S/C22H25N3OS/c1-23-15-9-10-16-25(2)22(26)20-19(17-11-5-3-6-12-17)24-21(27-20)18-13-7-4-8-14-18/h3-8,11-14,23H,9-10,15-16H2,1-2H3. The molecule has 27 heavy (non-hydrogen) atoms. The van der Waals surface area contributed by atoms with Crippen LogP contribution in [-0.2, 0) is 0 Å². The Morgan fingerprint density at radius 2 is 1.63 bits per heavy atom. The highest BCUT2D eigenvalue weighted by atomic mass is 32.1. The molecular formula is C22H25N3OS. The van der Waals surface area contributed by atoms with Crippen LogP contribution in [0.2, 0.25) is 0 Å². The van der Waals surface area contributed by atoms with Crippen LogP contribution in [0.25, 0.3) is 21.8 Å². The zero-order chi connectivity index (χ0) is 19.1.